The standard InChI is InChI=1S/C16H24N2O2/c1-3-20-15-7-5-4-6-14(15)12-18(2)16(19)10-13-8-9-17-11-13/h4-7,13,17H,3,8-12H2,1-2H3. The van der Waals surface area contributed by atoms with Gasteiger partial charge in [0.2, 0.25) is 5.91 Å². The van der Waals surface area contributed by atoms with Crippen molar-refractivity contribution in [3.63, 3.8) is 0 Å². The Balaban J connectivity index is 1.92. The highest BCUT2D eigenvalue weighted by molar-refractivity contribution is 5.76. The first-order valence-corrected chi connectivity index (χ1v) is 7.36. The summed E-state index contributed by atoms with van der Waals surface area (Å²) in [5, 5.41) is 3.30. The van der Waals surface area contributed by atoms with Gasteiger partial charge in [0.25, 0.3) is 0 Å². The molecular weight excluding hydrogens is 252 g/mol. The molecule has 1 saturated heterocycles. The Hall–Kier alpha value is -1.55. The van der Waals surface area contributed by atoms with Crippen molar-refractivity contribution >= 4 is 5.91 Å². The van der Waals surface area contributed by atoms with Crippen molar-refractivity contribution < 1.29 is 9.53 Å². The van der Waals surface area contributed by atoms with Gasteiger partial charge in [0.05, 0.1) is 6.61 Å². The molecule has 2 rings (SSSR count). The molecule has 1 aromatic carbocycles. The normalized spacial score (nSPS) is 18.0. The number of rotatable bonds is 6. The van der Waals surface area contributed by atoms with Crippen molar-refractivity contribution in [2.75, 3.05) is 26.7 Å². The molecule has 0 spiro atoms. The Labute approximate surface area is 121 Å². The summed E-state index contributed by atoms with van der Waals surface area (Å²) >= 11 is 0. The van der Waals surface area contributed by atoms with Crippen LogP contribution in [0.15, 0.2) is 24.3 Å². The van der Waals surface area contributed by atoms with Crippen LogP contribution >= 0.6 is 0 Å². The molecule has 1 N–H and O–H groups in total. The topological polar surface area (TPSA) is 41.6 Å². The highest BCUT2D eigenvalue weighted by atomic mass is 16.5. The number of ether oxygens (including phenoxy) is 1. The van der Waals surface area contributed by atoms with Crippen LogP contribution in [0.4, 0.5) is 0 Å². The molecule has 20 heavy (non-hydrogen) atoms. The fraction of sp³-hybridized carbons (Fsp3) is 0.562. The van der Waals surface area contributed by atoms with Gasteiger partial charge in [0.15, 0.2) is 0 Å². The van der Waals surface area contributed by atoms with Crippen molar-refractivity contribution in [1.29, 1.82) is 0 Å². The first-order chi connectivity index (χ1) is 9.70. The van der Waals surface area contributed by atoms with Crippen LogP contribution < -0.4 is 10.1 Å². The Morgan fingerprint density at radius 3 is 2.95 bits per heavy atom. The van der Waals surface area contributed by atoms with Crippen molar-refractivity contribution in [3.8, 4) is 5.75 Å². The maximum atomic E-state index is 12.2. The highest BCUT2D eigenvalue weighted by Gasteiger charge is 2.20. The second kappa shape index (κ2) is 7.29. The lowest BCUT2D eigenvalue weighted by atomic mass is 10.0. The average Bonchev–Trinajstić information content (AvgIpc) is 2.94. The molecule has 0 aromatic heterocycles. The molecular formula is C16H24N2O2. The Bertz CT molecular complexity index is 442. The van der Waals surface area contributed by atoms with E-state index in [4.69, 9.17) is 4.74 Å². The second-order valence-corrected chi connectivity index (χ2v) is 5.35. The molecule has 0 bridgehead atoms. The van der Waals surface area contributed by atoms with Crippen molar-refractivity contribution in [2.45, 2.75) is 26.3 Å². The van der Waals surface area contributed by atoms with Gasteiger partial charge in [-0.05, 0) is 38.4 Å². The minimum atomic E-state index is 0.213. The number of carbonyl (C=O) groups is 1. The molecule has 1 fully saturated rings. The lowest BCUT2D eigenvalue weighted by Crippen LogP contribution is -2.28. The summed E-state index contributed by atoms with van der Waals surface area (Å²) in [5.41, 5.74) is 1.06. The van der Waals surface area contributed by atoms with E-state index >= 15 is 0 Å². The van der Waals surface area contributed by atoms with Crippen LogP contribution in [-0.2, 0) is 11.3 Å². The van der Waals surface area contributed by atoms with E-state index in [2.05, 4.69) is 5.32 Å². The molecule has 110 valence electrons. The van der Waals surface area contributed by atoms with Crippen molar-refractivity contribution in [1.82, 2.24) is 10.2 Å². The molecule has 1 aliphatic heterocycles. The van der Waals surface area contributed by atoms with Gasteiger partial charge in [-0.25, -0.2) is 0 Å². The number of benzene rings is 1. The third-order valence-electron chi connectivity index (χ3n) is 3.73. The predicted molar refractivity (Wildman–Crippen MR) is 79.7 cm³/mol. The van der Waals surface area contributed by atoms with Gasteiger partial charge in [-0.15, -0.1) is 0 Å². The van der Waals surface area contributed by atoms with Gasteiger partial charge in [-0.1, -0.05) is 18.2 Å². The minimum absolute atomic E-state index is 0.213. The smallest absolute Gasteiger partial charge is 0.222 e. The monoisotopic (exact) mass is 276 g/mol. The fourth-order valence-electron chi connectivity index (χ4n) is 2.57. The van der Waals surface area contributed by atoms with Gasteiger partial charge in [-0.3, -0.25) is 4.79 Å². The van der Waals surface area contributed by atoms with Gasteiger partial charge >= 0.3 is 0 Å². The molecule has 1 aromatic rings. The van der Waals surface area contributed by atoms with Crippen molar-refractivity contribution in [2.24, 2.45) is 5.92 Å². The van der Waals surface area contributed by atoms with Crippen LogP contribution in [0.5, 0.6) is 5.75 Å². The summed E-state index contributed by atoms with van der Waals surface area (Å²) in [7, 11) is 1.87. The number of carbonyl (C=O) groups excluding carboxylic acids is 1. The van der Waals surface area contributed by atoms with E-state index in [1.807, 2.05) is 38.2 Å². The van der Waals surface area contributed by atoms with E-state index in [-0.39, 0.29) is 5.91 Å². The molecule has 0 aliphatic carbocycles. The van der Waals surface area contributed by atoms with E-state index in [0.717, 1.165) is 30.8 Å². The molecule has 4 heteroatoms. The molecule has 1 amide bonds. The van der Waals surface area contributed by atoms with E-state index < -0.39 is 0 Å². The zero-order valence-corrected chi connectivity index (χ0v) is 12.4. The molecule has 4 nitrogen and oxygen atoms in total. The first kappa shape index (κ1) is 14.9. The summed E-state index contributed by atoms with van der Waals surface area (Å²) in [5.74, 6) is 1.58. The van der Waals surface area contributed by atoms with E-state index in [1.165, 1.54) is 0 Å². The number of amides is 1. The largest absolute Gasteiger partial charge is 0.494 e. The van der Waals surface area contributed by atoms with E-state index in [1.54, 1.807) is 4.90 Å². The Morgan fingerprint density at radius 2 is 2.25 bits per heavy atom. The number of nitrogens with zero attached hydrogens (tertiary/aromatic N) is 1. The SMILES string of the molecule is CCOc1ccccc1CN(C)C(=O)CC1CCNC1. The number of nitrogens with one attached hydrogen (secondary N) is 1. The summed E-state index contributed by atoms with van der Waals surface area (Å²) < 4.78 is 5.60. The summed E-state index contributed by atoms with van der Waals surface area (Å²) in [6, 6.07) is 7.92. The molecule has 0 saturated carbocycles. The fourth-order valence-corrected chi connectivity index (χ4v) is 2.57. The lowest BCUT2D eigenvalue weighted by molar-refractivity contribution is -0.131. The number of hydrogen-bond acceptors (Lipinski definition) is 3. The molecule has 0 radical (unpaired) electrons. The second-order valence-electron chi connectivity index (χ2n) is 5.35. The van der Waals surface area contributed by atoms with Crippen LogP contribution in [0.1, 0.15) is 25.3 Å². The molecule has 1 unspecified atom stereocenters. The third kappa shape index (κ3) is 3.97. The average molecular weight is 276 g/mol. The van der Waals surface area contributed by atoms with Crippen LogP contribution in [0.3, 0.4) is 0 Å². The predicted octanol–water partition coefficient (Wildman–Crippen LogP) is 2.04. The van der Waals surface area contributed by atoms with Crippen LogP contribution in [-0.4, -0.2) is 37.6 Å². The molecule has 1 atom stereocenters. The third-order valence-corrected chi connectivity index (χ3v) is 3.73. The summed E-state index contributed by atoms with van der Waals surface area (Å²) in [6.07, 6.45) is 1.75. The zero-order valence-electron chi connectivity index (χ0n) is 12.4. The van der Waals surface area contributed by atoms with E-state index in [9.17, 15) is 4.79 Å². The Morgan fingerprint density at radius 1 is 1.45 bits per heavy atom. The minimum Gasteiger partial charge on any atom is -0.494 e. The maximum absolute atomic E-state index is 12.2. The molecule has 1 aliphatic rings. The number of para-hydroxylation sites is 1. The van der Waals surface area contributed by atoms with Gasteiger partial charge in [-0.2, -0.15) is 0 Å². The lowest BCUT2D eigenvalue weighted by Gasteiger charge is -2.20. The van der Waals surface area contributed by atoms with E-state index in [0.29, 0.717) is 25.5 Å². The zero-order chi connectivity index (χ0) is 14.4. The van der Waals surface area contributed by atoms with Gasteiger partial charge < -0.3 is 15.0 Å². The Kier molecular flexibility index (Phi) is 5.41. The van der Waals surface area contributed by atoms with Crippen molar-refractivity contribution in [3.05, 3.63) is 29.8 Å². The maximum Gasteiger partial charge on any atom is 0.222 e. The summed E-state index contributed by atoms with van der Waals surface area (Å²) in [4.78, 5) is 14.0. The number of hydrogen-bond donors (Lipinski definition) is 1. The van der Waals surface area contributed by atoms with Crippen LogP contribution in [0.25, 0.3) is 0 Å². The highest BCUT2D eigenvalue weighted by Crippen LogP contribution is 2.20. The van der Waals surface area contributed by atoms with Crippen LogP contribution in [0.2, 0.25) is 0 Å². The van der Waals surface area contributed by atoms with Crippen LogP contribution in [0, 0.1) is 5.92 Å². The quantitative estimate of drug-likeness (QED) is 0.864. The van der Waals surface area contributed by atoms with Gasteiger partial charge in [0.1, 0.15) is 5.75 Å². The first-order valence-electron chi connectivity index (χ1n) is 7.36. The van der Waals surface area contributed by atoms with Gasteiger partial charge in [0, 0.05) is 25.6 Å². The molecule has 1 heterocycles. The summed E-state index contributed by atoms with van der Waals surface area (Å²) in [6.45, 7) is 5.22.